The van der Waals surface area contributed by atoms with Crippen molar-refractivity contribution in [3.05, 3.63) is 60.4 Å². The molecule has 0 atom stereocenters. The Labute approximate surface area is 157 Å². The maximum Gasteiger partial charge on any atom is 0.177 e. The minimum Gasteiger partial charge on any atom is -0.332 e. The summed E-state index contributed by atoms with van der Waals surface area (Å²) in [5, 5.41) is 7.47. The summed E-state index contributed by atoms with van der Waals surface area (Å²) in [6.07, 6.45) is 3.74. The van der Waals surface area contributed by atoms with Crippen molar-refractivity contribution in [1.29, 1.82) is 0 Å². The van der Waals surface area contributed by atoms with E-state index < -0.39 is 0 Å². The summed E-state index contributed by atoms with van der Waals surface area (Å²) in [5.41, 5.74) is 3.00. The Morgan fingerprint density at radius 2 is 1.73 bits per heavy atom. The Morgan fingerprint density at radius 3 is 2.65 bits per heavy atom. The van der Waals surface area contributed by atoms with Crippen molar-refractivity contribution < 1.29 is 0 Å². The number of aromatic nitrogens is 3. The van der Waals surface area contributed by atoms with E-state index >= 15 is 0 Å². The van der Waals surface area contributed by atoms with Crippen LogP contribution >= 0.6 is 22.7 Å². The number of nitrogens with zero attached hydrogens (tertiary/aromatic N) is 3. The smallest absolute Gasteiger partial charge is 0.177 e. The van der Waals surface area contributed by atoms with Gasteiger partial charge in [-0.05, 0) is 34.4 Å². The predicted octanol–water partition coefficient (Wildman–Crippen LogP) is 6.22. The second-order valence-corrected chi connectivity index (χ2v) is 8.48. The third-order valence-electron chi connectivity index (χ3n) is 4.96. The predicted molar refractivity (Wildman–Crippen MR) is 112 cm³/mol. The third-order valence-corrected chi connectivity index (χ3v) is 7.16. The maximum absolute atomic E-state index is 4.52. The lowest BCUT2D eigenvalue weighted by Crippen LogP contribution is -1.85. The first-order valence-corrected chi connectivity index (χ1v) is 10.1. The minimum atomic E-state index is 0.794. The highest BCUT2D eigenvalue weighted by atomic mass is 32.1. The number of aryl methyl sites for hydroxylation is 1. The number of hydrogen-bond donors (Lipinski definition) is 0. The van der Waals surface area contributed by atoms with Crippen molar-refractivity contribution in [2.24, 2.45) is 7.05 Å². The Balaban J connectivity index is 1.63. The molecule has 0 bridgehead atoms. The number of rotatable bonds is 1. The van der Waals surface area contributed by atoms with Crippen molar-refractivity contribution in [2.75, 3.05) is 0 Å². The van der Waals surface area contributed by atoms with Gasteiger partial charge in [-0.25, -0.2) is 9.97 Å². The molecule has 0 fully saturated rings. The van der Waals surface area contributed by atoms with Crippen molar-refractivity contribution in [1.82, 2.24) is 14.5 Å². The second-order valence-electron chi connectivity index (χ2n) is 6.52. The number of imidazole rings is 1. The lowest BCUT2D eigenvalue weighted by Gasteiger charge is -2.01. The third kappa shape index (κ3) is 1.92. The average Bonchev–Trinajstić information content (AvgIpc) is 3.38. The summed E-state index contributed by atoms with van der Waals surface area (Å²) in [6.45, 7) is 0. The zero-order valence-electron chi connectivity index (χ0n) is 13.9. The lowest BCUT2D eigenvalue weighted by molar-refractivity contribution is 0.948. The molecule has 6 aromatic rings. The van der Waals surface area contributed by atoms with Gasteiger partial charge in [0.2, 0.25) is 0 Å². The van der Waals surface area contributed by atoms with E-state index in [1.54, 1.807) is 0 Å². The van der Waals surface area contributed by atoms with Crippen molar-refractivity contribution in [3.63, 3.8) is 0 Å². The SMILES string of the molecule is Cn1cnc2ncc(-c3cc4ccc5c(ccc6ccsc65)c4s3)cc21. The minimum absolute atomic E-state index is 0.794. The van der Waals surface area contributed by atoms with Crippen LogP contribution in [-0.4, -0.2) is 14.5 Å². The number of benzene rings is 2. The van der Waals surface area contributed by atoms with Crippen molar-refractivity contribution in [2.45, 2.75) is 0 Å². The fourth-order valence-corrected chi connectivity index (χ4v) is 5.71. The number of fused-ring (bicyclic) bond motifs is 6. The summed E-state index contributed by atoms with van der Waals surface area (Å²) in [7, 11) is 2.01. The first kappa shape index (κ1) is 14.4. The zero-order valence-corrected chi connectivity index (χ0v) is 15.6. The molecule has 0 amide bonds. The van der Waals surface area contributed by atoms with Gasteiger partial charge in [-0.3, -0.25) is 0 Å². The lowest BCUT2D eigenvalue weighted by atomic mass is 10.1. The van der Waals surface area contributed by atoms with Crippen LogP contribution in [0.3, 0.4) is 0 Å². The van der Waals surface area contributed by atoms with Gasteiger partial charge >= 0.3 is 0 Å². The molecular formula is C21H13N3S2. The molecule has 0 N–H and O–H groups in total. The van der Waals surface area contributed by atoms with Gasteiger partial charge in [0, 0.05) is 43.9 Å². The Morgan fingerprint density at radius 1 is 0.885 bits per heavy atom. The molecule has 5 heteroatoms. The molecule has 0 aliphatic heterocycles. The van der Waals surface area contributed by atoms with Crippen LogP contribution in [0.5, 0.6) is 0 Å². The van der Waals surface area contributed by atoms with Gasteiger partial charge in [0.15, 0.2) is 5.65 Å². The van der Waals surface area contributed by atoms with E-state index in [0.29, 0.717) is 0 Å². The van der Waals surface area contributed by atoms with Gasteiger partial charge < -0.3 is 4.57 Å². The molecule has 4 heterocycles. The van der Waals surface area contributed by atoms with E-state index in [4.69, 9.17) is 0 Å². The standard InChI is InChI=1S/C21H13N3S2/c1-24-11-23-21-17(24)8-14(10-22-21)18-9-13-3-5-15-16(20(13)26-18)4-2-12-6-7-25-19(12)15/h2-11H,1H3. The molecule has 0 unspecified atom stereocenters. The highest BCUT2D eigenvalue weighted by molar-refractivity contribution is 7.23. The summed E-state index contributed by atoms with van der Waals surface area (Å²) in [6, 6.07) is 15.6. The highest BCUT2D eigenvalue weighted by Gasteiger charge is 2.11. The van der Waals surface area contributed by atoms with E-state index in [9.17, 15) is 0 Å². The first-order valence-electron chi connectivity index (χ1n) is 8.38. The van der Waals surface area contributed by atoms with Crippen molar-refractivity contribution >= 4 is 64.8 Å². The zero-order chi connectivity index (χ0) is 17.3. The Bertz CT molecular complexity index is 1450. The van der Waals surface area contributed by atoms with E-state index in [1.807, 2.05) is 46.8 Å². The Hall–Kier alpha value is -2.76. The van der Waals surface area contributed by atoms with Gasteiger partial charge in [-0.15, -0.1) is 22.7 Å². The summed E-state index contributed by atoms with van der Waals surface area (Å²) in [5.74, 6) is 0. The van der Waals surface area contributed by atoms with Crippen LogP contribution in [0.1, 0.15) is 0 Å². The number of pyridine rings is 1. The van der Waals surface area contributed by atoms with Crippen LogP contribution in [0.2, 0.25) is 0 Å². The molecule has 0 saturated heterocycles. The fraction of sp³-hybridized carbons (Fsp3) is 0.0476. The van der Waals surface area contributed by atoms with Crippen LogP contribution in [0.15, 0.2) is 60.4 Å². The molecule has 0 spiro atoms. The van der Waals surface area contributed by atoms with E-state index in [2.05, 4.69) is 57.8 Å². The molecule has 6 rings (SSSR count). The topological polar surface area (TPSA) is 30.7 Å². The van der Waals surface area contributed by atoms with Crippen LogP contribution in [0.25, 0.3) is 52.5 Å². The van der Waals surface area contributed by atoms with Crippen LogP contribution in [-0.2, 0) is 7.05 Å². The van der Waals surface area contributed by atoms with Crippen molar-refractivity contribution in [3.8, 4) is 10.4 Å². The molecule has 26 heavy (non-hydrogen) atoms. The molecule has 0 aliphatic carbocycles. The van der Waals surface area contributed by atoms with Gasteiger partial charge in [-0.1, -0.05) is 24.3 Å². The second kappa shape index (κ2) is 5.13. The van der Waals surface area contributed by atoms with Gasteiger partial charge in [0.25, 0.3) is 0 Å². The van der Waals surface area contributed by atoms with E-state index in [1.165, 1.54) is 35.8 Å². The first-order chi connectivity index (χ1) is 12.8. The number of hydrogen-bond acceptors (Lipinski definition) is 4. The number of thiophene rings is 2. The van der Waals surface area contributed by atoms with E-state index in [0.717, 1.165) is 16.7 Å². The van der Waals surface area contributed by atoms with Gasteiger partial charge in [0.1, 0.15) is 0 Å². The molecule has 0 aliphatic rings. The molecule has 0 saturated carbocycles. The summed E-state index contributed by atoms with van der Waals surface area (Å²) >= 11 is 3.66. The molecule has 124 valence electrons. The quantitative estimate of drug-likeness (QED) is 0.344. The molecule has 2 aromatic carbocycles. The van der Waals surface area contributed by atoms with Crippen LogP contribution in [0.4, 0.5) is 0 Å². The van der Waals surface area contributed by atoms with Gasteiger partial charge in [0.05, 0.1) is 11.8 Å². The fourth-order valence-electron chi connectivity index (χ4n) is 3.62. The molecule has 3 nitrogen and oxygen atoms in total. The summed E-state index contributed by atoms with van der Waals surface area (Å²) in [4.78, 5) is 10.1. The molecule has 0 radical (unpaired) electrons. The normalized spacial score (nSPS) is 12.0. The van der Waals surface area contributed by atoms with Crippen LogP contribution < -0.4 is 0 Å². The van der Waals surface area contributed by atoms with Gasteiger partial charge in [-0.2, -0.15) is 0 Å². The van der Waals surface area contributed by atoms with Crippen LogP contribution in [0, 0.1) is 0 Å². The maximum atomic E-state index is 4.52. The molecular weight excluding hydrogens is 358 g/mol. The monoisotopic (exact) mass is 371 g/mol. The molecule has 4 aromatic heterocycles. The summed E-state index contributed by atoms with van der Waals surface area (Å²) < 4.78 is 4.73. The van der Waals surface area contributed by atoms with E-state index in [-0.39, 0.29) is 0 Å². The average molecular weight is 371 g/mol. The largest absolute Gasteiger partial charge is 0.332 e. The highest BCUT2D eigenvalue weighted by Crippen LogP contribution is 2.40. The Kier molecular flexibility index (Phi) is 2.84.